The Balaban J connectivity index is 4.34. The highest BCUT2D eigenvalue weighted by atomic mass is 16.4. The van der Waals surface area contributed by atoms with Gasteiger partial charge in [0.15, 0.2) is 0 Å². The molecule has 0 aliphatic heterocycles. The first kappa shape index (κ1) is 15.8. The smallest absolute Gasteiger partial charge is 0.109 e. The fourth-order valence-corrected chi connectivity index (χ4v) is 1.45. The van der Waals surface area contributed by atoms with Crippen LogP contribution in [0.2, 0.25) is 0 Å². The van der Waals surface area contributed by atoms with Crippen LogP contribution in [0.4, 0.5) is 0 Å². The van der Waals surface area contributed by atoms with Crippen LogP contribution in [0.5, 0.6) is 0 Å². The average molecular weight is 238 g/mol. The lowest BCUT2D eigenvalue weighted by atomic mass is 9.92. The first-order valence-corrected chi connectivity index (χ1v) is 5.43. The fourth-order valence-electron chi connectivity index (χ4n) is 1.45. The van der Waals surface area contributed by atoms with E-state index in [0.29, 0.717) is 12.8 Å². The summed E-state index contributed by atoms with van der Waals surface area (Å²) in [6.45, 7) is 0.791. The molecule has 0 rings (SSSR count). The first-order valence-electron chi connectivity index (χ1n) is 5.43. The van der Waals surface area contributed by atoms with Crippen molar-refractivity contribution in [2.24, 2.45) is 5.92 Å². The van der Waals surface area contributed by atoms with Crippen molar-refractivity contribution in [3.8, 4) is 0 Å². The summed E-state index contributed by atoms with van der Waals surface area (Å²) in [5.41, 5.74) is 0. The minimum Gasteiger partial charge on any atom is -0.396 e. The van der Waals surface area contributed by atoms with E-state index in [-0.39, 0.29) is 0 Å². The minimum atomic E-state index is -1.59. The molecule has 0 aromatic heterocycles. The number of aliphatic hydroxyl groups is 6. The molecule has 0 aromatic carbocycles. The van der Waals surface area contributed by atoms with Crippen LogP contribution in [0.3, 0.4) is 0 Å². The Morgan fingerprint density at radius 2 is 1.31 bits per heavy atom. The highest BCUT2D eigenvalue weighted by molar-refractivity contribution is 4.84. The number of hydrogen-bond donors (Lipinski definition) is 6. The van der Waals surface area contributed by atoms with Crippen LogP contribution in [-0.4, -0.2) is 68.3 Å². The van der Waals surface area contributed by atoms with Crippen molar-refractivity contribution >= 4 is 0 Å². The Bertz CT molecular complexity index is 173. The lowest BCUT2D eigenvalue weighted by molar-refractivity contribution is -0.129. The van der Waals surface area contributed by atoms with Gasteiger partial charge in [0.05, 0.1) is 25.4 Å². The van der Waals surface area contributed by atoms with Gasteiger partial charge in [-0.1, -0.05) is 13.3 Å². The third-order valence-corrected chi connectivity index (χ3v) is 2.63. The van der Waals surface area contributed by atoms with E-state index in [9.17, 15) is 20.4 Å². The summed E-state index contributed by atoms with van der Waals surface area (Å²) in [7, 11) is 0. The molecule has 4 unspecified atom stereocenters. The molecule has 0 spiro atoms. The maximum atomic E-state index is 9.53. The molecule has 0 saturated heterocycles. The highest BCUT2D eigenvalue weighted by Gasteiger charge is 2.33. The lowest BCUT2D eigenvalue weighted by Crippen LogP contribution is -2.48. The number of aliphatic hydroxyl groups excluding tert-OH is 6. The predicted octanol–water partition coefficient (Wildman–Crippen LogP) is -2.17. The van der Waals surface area contributed by atoms with E-state index in [1.165, 1.54) is 0 Å². The van der Waals surface area contributed by atoms with E-state index < -0.39 is 43.5 Å². The molecule has 16 heavy (non-hydrogen) atoms. The molecule has 0 heterocycles. The highest BCUT2D eigenvalue weighted by Crippen LogP contribution is 2.14. The Hall–Kier alpha value is -0.240. The summed E-state index contributed by atoms with van der Waals surface area (Å²) >= 11 is 0. The molecular formula is C10H22O6. The molecule has 0 aliphatic rings. The fraction of sp³-hybridized carbons (Fsp3) is 1.00. The molecule has 0 aromatic rings. The van der Waals surface area contributed by atoms with Gasteiger partial charge >= 0.3 is 0 Å². The number of hydrogen-bond acceptors (Lipinski definition) is 6. The van der Waals surface area contributed by atoms with Crippen molar-refractivity contribution in [2.75, 3.05) is 13.2 Å². The summed E-state index contributed by atoms with van der Waals surface area (Å²) in [5, 5.41) is 55.6. The second-order valence-corrected chi connectivity index (χ2v) is 3.95. The van der Waals surface area contributed by atoms with Gasteiger partial charge in [-0.15, -0.1) is 0 Å². The Labute approximate surface area is 94.8 Å². The zero-order chi connectivity index (χ0) is 12.7. The zero-order valence-electron chi connectivity index (χ0n) is 9.40. The van der Waals surface area contributed by atoms with E-state index >= 15 is 0 Å². The largest absolute Gasteiger partial charge is 0.396 e. The van der Waals surface area contributed by atoms with Crippen LogP contribution >= 0.6 is 0 Å². The lowest BCUT2D eigenvalue weighted by Gasteiger charge is -2.29. The van der Waals surface area contributed by atoms with Crippen LogP contribution in [0.1, 0.15) is 19.8 Å². The molecule has 4 atom stereocenters. The molecule has 0 radical (unpaired) electrons. The van der Waals surface area contributed by atoms with Gasteiger partial charge in [-0.3, -0.25) is 0 Å². The van der Waals surface area contributed by atoms with E-state index in [4.69, 9.17) is 10.2 Å². The van der Waals surface area contributed by atoms with Crippen LogP contribution in [-0.2, 0) is 0 Å². The monoisotopic (exact) mass is 238 g/mol. The molecule has 6 heteroatoms. The van der Waals surface area contributed by atoms with Crippen LogP contribution < -0.4 is 0 Å². The zero-order valence-corrected chi connectivity index (χ0v) is 9.40. The van der Waals surface area contributed by atoms with Gasteiger partial charge in [-0.05, 0) is 6.42 Å². The predicted molar refractivity (Wildman–Crippen MR) is 56.6 cm³/mol. The Kier molecular flexibility index (Phi) is 7.82. The minimum absolute atomic E-state index is 0.299. The van der Waals surface area contributed by atoms with Crippen molar-refractivity contribution in [3.63, 3.8) is 0 Å². The van der Waals surface area contributed by atoms with Crippen LogP contribution in [0.25, 0.3) is 0 Å². The summed E-state index contributed by atoms with van der Waals surface area (Å²) in [6.07, 6.45) is -4.76. The van der Waals surface area contributed by atoms with Gasteiger partial charge in [0.25, 0.3) is 0 Å². The molecule has 6 nitrogen and oxygen atoms in total. The van der Waals surface area contributed by atoms with Gasteiger partial charge in [-0.2, -0.15) is 0 Å². The van der Waals surface area contributed by atoms with Crippen molar-refractivity contribution in [2.45, 2.75) is 44.2 Å². The van der Waals surface area contributed by atoms with Crippen molar-refractivity contribution in [1.82, 2.24) is 0 Å². The van der Waals surface area contributed by atoms with E-state index in [0.717, 1.165) is 0 Å². The van der Waals surface area contributed by atoms with Crippen LogP contribution in [0.15, 0.2) is 0 Å². The average Bonchev–Trinajstić information content (AvgIpc) is 2.28. The summed E-state index contributed by atoms with van der Waals surface area (Å²) < 4.78 is 0. The first-order chi connectivity index (χ1) is 7.49. The van der Waals surface area contributed by atoms with E-state index in [2.05, 4.69) is 0 Å². The van der Waals surface area contributed by atoms with Crippen molar-refractivity contribution in [1.29, 1.82) is 0 Å². The topological polar surface area (TPSA) is 121 Å². The summed E-state index contributed by atoms with van der Waals surface area (Å²) in [5.74, 6) is -0.932. The molecule has 98 valence electrons. The van der Waals surface area contributed by atoms with Gasteiger partial charge < -0.3 is 30.6 Å². The summed E-state index contributed by atoms with van der Waals surface area (Å²) in [4.78, 5) is 0. The second-order valence-electron chi connectivity index (χ2n) is 3.95. The number of rotatable bonds is 8. The normalized spacial score (nSPS) is 19.5. The molecule has 0 bridgehead atoms. The third-order valence-electron chi connectivity index (χ3n) is 2.63. The molecule has 0 saturated carbocycles. The maximum Gasteiger partial charge on any atom is 0.109 e. The van der Waals surface area contributed by atoms with Crippen molar-refractivity contribution in [3.05, 3.63) is 0 Å². The second kappa shape index (κ2) is 7.94. The van der Waals surface area contributed by atoms with E-state index in [1.54, 1.807) is 0 Å². The quantitative estimate of drug-likeness (QED) is 0.286. The van der Waals surface area contributed by atoms with Gasteiger partial charge in [0, 0.05) is 5.92 Å². The third kappa shape index (κ3) is 4.32. The van der Waals surface area contributed by atoms with Gasteiger partial charge in [0.2, 0.25) is 0 Å². The SMILES string of the molecule is CCCC(O)C(O)C(O)C(O)C(CO)CO. The van der Waals surface area contributed by atoms with Gasteiger partial charge in [0.1, 0.15) is 12.2 Å². The maximum absolute atomic E-state index is 9.53. The van der Waals surface area contributed by atoms with Gasteiger partial charge in [-0.25, -0.2) is 0 Å². The molecular weight excluding hydrogens is 216 g/mol. The molecule has 0 aliphatic carbocycles. The Morgan fingerprint density at radius 3 is 1.69 bits per heavy atom. The molecule has 0 amide bonds. The Morgan fingerprint density at radius 1 is 0.812 bits per heavy atom. The van der Waals surface area contributed by atoms with Crippen molar-refractivity contribution < 1.29 is 30.6 Å². The van der Waals surface area contributed by atoms with Crippen LogP contribution in [0, 0.1) is 5.92 Å². The molecule has 6 N–H and O–H groups in total. The molecule has 0 fully saturated rings. The summed E-state index contributed by atoms with van der Waals surface area (Å²) in [6, 6.07) is 0. The standard InChI is InChI=1S/C10H22O6/c1-2-3-7(13)9(15)10(16)8(14)6(4-11)5-12/h6-16H,2-5H2,1H3. The van der Waals surface area contributed by atoms with E-state index in [1.807, 2.05) is 6.92 Å².